The molecule has 0 saturated heterocycles. The zero-order chi connectivity index (χ0) is 11.4. The van der Waals surface area contributed by atoms with Crippen LogP contribution in [-0.4, -0.2) is 16.5 Å². The van der Waals surface area contributed by atoms with Crippen molar-refractivity contribution in [3.63, 3.8) is 0 Å². The van der Waals surface area contributed by atoms with Gasteiger partial charge in [-0.3, -0.25) is 0 Å². The fourth-order valence-electron chi connectivity index (χ4n) is 1.26. The summed E-state index contributed by atoms with van der Waals surface area (Å²) in [7, 11) is 0. The summed E-state index contributed by atoms with van der Waals surface area (Å²) in [5.74, 6) is 0.814. The molecule has 4 nitrogen and oxygen atoms in total. The molecule has 0 aliphatic carbocycles. The number of halogens is 1. The van der Waals surface area contributed by atoms with Crippen LogP contribution in [0.3, 0.4) is 0 Å². The molecule has 2 heterocycles. The summed E-state index contributed by atoms with van der Waals surface area (Å²) in [6.07, 6.45) is 2.44. The molecule has 0 aliphatic heterocycles. The van der Waals surface area contributed by atoms with Crippen LogP contribution in [0.2, 0.25) is 5.02 Å². The van der Waals surface area contributed by atoms with E-state index >= 15 is 0 Å². The van der Waals surface area contributed by atoms with Gasteiger partial charge in [-0.25, -0.2) is 4.98 Å². The third-order valence-corrected chi connectivity index (χ3v) is 3.22. The second-order valence-electron chi connectivity index (χ2n) is 3.18. The van der Waals surface area contributed by atoms with Gasteiger partial charge in [0.05, 0.1) is 6.20 Å². The van der Waals surface area contributed by atoms with Crippen LogP contribution in [0.15, 0.2) is 23.7 Å². The van der Waals surface area contributed by atoms with Gasteiger partial charge in [-0.05, 0) is 17.9 Å². The van der Waals surface area contributed by atoms with Crippen LogP contribution in [0.4, 0.5) is 11.8 Å². The Hall–Kier alpha value is -1.33. The summed E-state index contributed by atoms with van der Waals surface area (Å²) in [4.78, 5) is 9.14. The van der Waals surface area contributed by atoms with Crippen molar-refractivity contribution < 1.29 is 0 Å². The van der Waals surface area contributed by atoms with E-state index < -0.39 is 0 Å². The first-order valence-electron chi connectivity index (χ1n) is 4.80. The molecule has 0 fully saturated rings. The third kappa shape index (κ3) is 2.84. The quantitative estimate of drug-likeness (QED) is 0.880. The Bertz CT molecular complexity index is 458. The van der Waals surface area contributed by atoms with E-state index in [0.717, 1.165) is 13.0 Å². The number of nitrogen functional groups attached to an aromatic ring is 1. The van der Waals surface area contributed by atoms with Crippen LogP contribution in [0.1, 0.15) is 4.88 Å². The molecule has 0 aliphatic rings. The first kappa shape index (κ1) is 11.2. The minimum Gasteiger partial charge on any atom is -0.368 e. The summed E-state index contributed by atoms with van der Waals surface area (Å²) in [6.45, 7) is 0.774. The largest absolute Gasteiger partial charge is 0.368 e. The van der Waals surface area contributed by atoms with Crippen molar-refractivity contribution in [2.75, 3.05) is 17.6 Å². The van der Waals surface area contributed by atoms with Gasteiger partial charge in [0.2, 0.25) is 5.95 Å². The van der Waals surface area contributed by atoms with Crippen LogP contribution in [0.5, 0.6) is 0 Å². The van der Waals surface area contributed by atoms with Gasteiger partial charge < -0.3 is 11.1 Å². The highest BCUT2D eigenvalue weighted by molar-refractivity contribution is 7.09. The van der Waals surface area contributed by atoms with Gasteiger partial charge in [0.1, 0.15) is 10.8 Å². The molecule has 0 atom stereocenters. The van der Waals surface area contributed by atoms with E-state index in [4.69, 9.17) is 17.3 Å². The maximum atomic E-state index is 5.92. The van der Waals surface area contributed by atoms with E-state index in [0.29, 0.717) is 10.8 Å². The lowest BCUT2D eigenvalue weighted by molar-refractivity contribution is 1.02. The lowest BCUT2D eigenvalue weighted by Crippen LogP contribution is -2.07. The SMILES string of the molecule is Nc1ncc(Cl)c(NCCc2cccs2)n1. The van der Waals surface area contributed by atoms with Crippen molar-refractivity contribution >= 4 is 34.7 Å². The minimum absolute atomic E-state index is 0.225. The Balaban J connectivity index is 1.92. The van der Waals surface area contributed by atoms with E-state index in [1.807, 2.05) is 6.07 Å². The van der Waals surface area contributed by atoms with Gasteiger partial charge in [-0.15, -0.1) is 11.3 Å². The normalized spacial score (nSPS) is 10.3. The van der Waals surface area contributed by atoms with Crippen LogP contribution in [-0.2, 0) is 6.42 Å². The number of hydrogen-bond acceptors (Lipinski definition) is 5. The number of nitrogens with zero attached hydrogens (tertiary/aromatic N) is 2. The number of rotatable bonds is 4. The average molecular weight is 255 g/mol. The molecule has 0 amide bonds. The molecule has 0 aromatic carbocycles. The van der Waals surface area contributed by atoms with E-state index in [1.165, 1.54) is 11.1 Å². The van der Waals surface area contributed by atoms with Crippen LogP contribution in [0.25, 0.3) is 0 Å². The summed E-state index contributed by atoms with van der Waals surface area (Å²) >= 11 is 7.65. The lowest BCUT2D eigenvalue weighted by Gasteiger charge is -2.06. The van der Waals surface area contributed by atoms with Crippen LogP contribution < -0.4 is 11.1 Å². The first-order chi connectivity index (χ1) is 7.75. The van der Waals surface area contributed by atoms with Crippen molar-refractivity contribution in [1.82, 2.24) is 9.97 Å². The summed E-state index contributed by atoms with van der Waals surface area (Å²) in [5, 5.41) is 5.68. The first-order valence-corrected chi connectivity index (χ1v) is 6.06. The Kier molecular flexibility index (Phi) is 3.58. The molecular formula is C10H11ClN4S. The molecule has 2 aromatic rings. The van der Waals surface area contributed by atoms with Crippen molar-refractivity contribution in [3.8, 4) is 0 Å². The fraction of sp³-hybridized carbons (Fsp3) is 0.200. The second kappa shape index (κ2) is 5.14. The highest BCUT2D eigenvalue weighted by atomic mass is 35.5. The minimum atomic E-state index is 0.225. The highest BCUT2D eigenvalue weighted by Crippen LogP contribution is 2.18. The molecular weight excluding hydrogens is 244 g/mol. The monoisotopic (exact) mass is 254 g/mol. The molecule has 0 spiro atoms. The maximum Gasteiger partial charge on any atom is 0.222 e. The molecule has 2 aromatic heterocycles. The summed E-state index contributed by atoms with van der Waals surface area (Å²) in [6, 6.07) is 4.14. The summed E-state index contributed by atoms with van der Waals surface area (Å²) < 4.78 is 0. The van der Waals surface area contributed by atoms with Crippen molar-refractivity contribution in [2.24, 2.45) is 0 Å². The summed E-state index contributed by atoms with van der Waals surface area (Å²) in [5.41, 5.74) is 5.47. The number of nitrogens with one attached hydrogen (secondary N) is 1. The zero-order valence-electron chi connectivity index (χ0n) is 8.48. The van der Waals surface area contributed by atoms with E-state index in [-0.39, 0.29) is 5.95 Å². The molecule has 2 rings (SSSR count). The van der Waals surface area contributed by atoms with Gasteiger partial charge in [0, 0.05) is 11.4 Å². The topological polar surface area (TPSA) is 63.8 Å². The number of nitrogens with two attached hydrogens (primary N) is 1. The standard InChI is InChI=1S/C10H11ClN4S/c11-8-6-14-10(12)15-9(8)13-4-3-7-2-1-5-16-7/h1-2,5-6H,3-4H2,(H3,12,13,14,15). The van der Waals surface area contributed by atoms with Crippen molar-refractivity contribution in [1.29, 1.82) is 0 Å². The number of anilines is 2. The molecule has 84 valence electrons. The van der Waals surface area contributed by atoms with E-state index in [9.17, 15) is 0 Å². The predicted molar refractivity (Wildman–Crippen MR) is 68.0 cm³/mol. The number of hydrogen-bond donors (Lipinski definition) is 2. The van der Waals surface area contributed by atoms with Gasteiger partial charge in [-0.1, -0.05) is 17.7 Å². The second-order valence-corrected chi connectivity index (χ2v) is 4.62. The number of thiophene rings is 1. The van der Waals surface area contributed by atoms with Gasteiger partial charge >= 0.3 is 0 Å². The van der Waals surface area contributed by atoms with Gasteiger partial charge in [0.15, 0.2) is 0 Å². The zero-order valence-corrected chi connectivity index (χ0v) is 10.1. The van der Waals surface area contributed by atoms with Crippen LogP contribution in [0, 0.1) is 0 Å². The average Bonchev–Trinajstić information content (AvgIpc) is 2.76. The van der Waals surface area contributed by atoms with Gasteiger partial charge in [0.25, 0.3) is 0 Å². The smallest absolute Gasteiger partial charge is 0.222 e. The van der Waals surface area contributed by atoms with Gasteiger partial charge in [-0.2, -0.15) is 4.98 Å². The highest BCUT2D eigenvalue weighted by Gasteiger charge is 2.02. The fourth-order valence-corrected chi connectivity index (χ4v) is 2.13. The molecule has 0 bridgehead atoms. The molecule has 3 N–H and O–H groups in total. The van der Waals surface area contributed by atoms with Crippen LogP contribution >= 0.6 is 22.9 Å². The Morgan fingerprint density at radius 2 is 2.38 bits per heavy atom. The van der Waals surface area contributed by atoms with Crippen molar-refractivity contribution in [3.05, 3.63) is 33.6 Å². The molecule has 16 heavy (non-hydrogen) atoms. The maximum absolute atomic E-state index is 5.92. The number of aromatic nitrogens is 2. The Labute approximate surface area is 102 Å². The third-order valence-electron chi connectivity index (χ3n) is 2.01. The Morgan fingerprint density at radius 3 is 3.12 bits per heavy atom. The molecule has 0 radical (unpaired) electrons. The molecule has 0 unspecified atom stereocenters. The lowest BCUT2D eigenvalue weighted by atomic mass is 10.3. The van der Waals surface area contributed by atoms with E-state index in [1.54, 1.807) is 11.3 Å². The Morgan fingerprint density at radius 1 is 1.50 bits per heavy atom. The molecule has 6 heteroatoms. The predicted octanol–water partition coefficient (Wildman–Crippen LogP) is 2.43. The molecule has 0 saturated carbocycles. The van der Waals surface area contributed by atoms with Crippen molar-refractivity contribution in [2.45, 2.75) is 6.42 Å². The van der Waals surface area contributed by atoms with E-state index in [2.05, 4.69) is 26.7 Å².